The number of benzene rings is 1. The maximum absolute atomic E-state index is 13.5. The number of carbonyl (C=O) groups is 1. The Balaban J connectivity index is 1.58. The Kier molecular flexibility index (Phi) is 7.27. The highest BCUT2D eigenvalue weighted by molar-refractivity contribution is 7.90. The summed E-state index contributed by atoms with van der Waals surface area (Å²) in [7, 11) is -3.00. The molecule has 7 nitrogen and oxygen atoms in total. The molecule has 0 unspecified atom stereocenters. The molecule has 2 aliphatic rings. The van der Waals surface area contributed by atoms with Gasteiger partial charge in [-0.3, -0.25) is 9.69 Å². The van der Waals surface area contributed by atoms with E-state index in [1.54, 1.807) is 12.1 Å². The van der Waals surface area contributed by atoms with Gasteiger partial charge in [-0.2, -0.15) is 5.26 Å². The molecule has 0 radical (unpaired) electrons. The van der Waals surface area contributed by atoms with Crippen LogP contribution in [0.1, 0.15) is 65.8 Å². The molecule has 2 aromatic rings. The lowest BCUT2D eigenvalue weighted by molar-refractivity contribution is 0.0344. The summed E-state index contributed by atoms with van der Waals surface area (Å²) in [4.78, 5) is 15.7. The molecule has 1 aromatic heterocycles. The molecular weight excluding hydrogens is 450 g/mol. The number of aliphatic hydroxyl groups is 1. The van der Waals surface area contributed by atoms with Crippen LogP contribution in [0.4, 0.5) is 0 Å². The molecule has 182 valence electrons. The van der Waals surface area contributed by atoms with Crippen molar-refractivity contribution in [3.05, 3.63) is 52.8 Å². The number of hydrogen-bond donors (Lipinski definition) is 1. The molecule has 3 heterocycles. The van der Waals surface area contributed by atoms with E-state index in [0.29, 0.717) is 36.9 Å². The van der Waals surface area contributed by atoms with E-state index in [-0.39, 0.29) is 29.7 Å². The Morgan fingerprint density at radius 2 is 1.79 bits per heavy atom. The van der Waals surface area contributed by atoms with Gasteiger partial charge in [0.1, 0.15) is 9.84 Å². The first-order valence-corrected chi connectivity index (χ1v) is 14.1. The molecule has 1 N–H and O–H groups in total. The van der Waals surface area contributed by atoms with Gasteiger partial charge in [0.05, 0.1) is 24.3 Å². The number of nitriles is 1. The number of Topliss-reactive ketones (excluding diaryl/α,β-unsaturated/α-hetero) is 1. The molecule has 2 saturated heterocycles. The van der Waals surface area contributed by atoms with Crippen LogP contribution in [0.15, 0.2) is 30.3 Å². The maximum atomic E-state index is 13.5. The number of nitrogens with zero attached hydrogens (tertiary/aromatic N) is 3. The Morgan fingerprint density at radius 3 is 2.38 bits per heavy atom. The molecule has 2 fully saturated rings. The van der Waals surface area contributed by atoms with E-state index in [2.05, 4.69) is 15.5 Å². The predicted molar refractivity (Wildman–Crippen MR) is 131 cm³/mol. The zero-order chi connectivity index (χ0) is 24.5. The van der Waals surface area contributed by atoms with Gasteiger partial charge in [-0.25, -0.2) is 8.42 Å². The number of hydrogen-bond acceptors (Lipinski definition) is 6. The number of rotatable bonds is 9. The van der Waals surface area contributed by atoms with Gasteiger partial charge in [0, 0.05) is 46.7 Å². The number of unbranched alkanes of at least 4 members (excludes halogenated alkanes) is 1. The van der Waals surface area contributed by atoms with Crippen molar-refractivity contribution in [3.63, 3.8) is 0 Å². The minimum absolute atomic E-state index is 0.0792. The number of fused-ring (bicyclic) bond motifs is 2. The van der Waals surface area contributed by atoms with Crippen molar-refractivity contribution >= 4 is 15.6 Å². The fourth-order valence-corrected chi connectivity index (χ4v) is 6.34. The third-order valence-corrected chi connectivity index (χ3v) is 8.29. The molecule has 2 bridgehead atoms. The second-order valence-corrected chi connectivity index (χ2v) is 12.1. The van der Waals surface area contributed by atoms with E-state index in [1.807, 2.05) is 25.1 Å². The normalized spacial score (nSPS) is 22.6. The average Bonchev–Trinajstić information content (AvgIpc) is 3.23. The van der Waals surface area contributed by atoms with Gasteiger partial charge >= 0.3 is 0 Å². The highest BCUT2D eigenvalue weighted by atomic mass is 32.2. The van der Waals surface area contributed by atoms with Gasteiger partial charge in [-0.1, -0.05) is 0 Å². The smallest absolute Gasteiger partial charge is 0.178 e. The van der Waals surface area contributed by atoms with E-state index in [0.717, 1.165) is 42.8 Å². The highest BCUT2D eigenvalue weighted by Crippen LogP contribution is 2.36. The van der Waals surface area contributed by atoms with Gasteiger partial charge in [-0.05, 0) is 82.2 Å². The number of carbonyl (C=O) groups excluding carboxylic acids is 1. The minimum atomic E-state index is -3.00. The van der Waals surface area contributed by atoms with Crippen LogP contribution < -0.4 is 0 Å². The zero-order valence-corrected chi connectivity index (χ0v) is 20.7. The minimum Gasteiger partial charge on any atom is -0.393 e. The molecule has 8 heteroatoms. The van der Waals surface area contributed by atoms with E-state index in [4.69, 9.17) is 5.26 Å². The van der Waals surface area contributed by atoms with Crippen molar-refractivity contribution in [2.75, 3.05) is 18.6 Å². The van der Waals surface area contributed by atoms with Crippen LogP contribution in [0.3, 0.4) is 0 Å². The summed E-state index contributed by atoms with van der Waals surface area (Å²) in [6, 6.07) is 11.9. The second-order valence-electron chi connectivity index (χ2n) is 9.82. The van der Waals surface area contributed by atoms with Crippen molar-refractivity contribution < 1.29 is 18.3 Å². The summed E-state index contributed by atoms with van der Waals surface area (Å²) in [6.45, 7) is 2.30. The third kappa shape index (κ3) is 5.43. The van der Waals surface area contributed by atoms with Crippen LogP contribution >= 0.6 is 0 Å². The first kappa shape index (κ1) is 24.6. The first-order chi connectivity index (χ1) is 16.2. The summed E-state index contributed by atoms with van der Waals surface area (Å²) in [5.74, 6) is 0.231. The molecular formula is C26H33N3O4S. The lowest BCUT2D eigenvalue weighted by Crippen LogP contribution is -2.46. The number of aromatic nitrogens is 1. The van der Waals surface area contributed by atoms with E-state index in [1.165, 1.54) is 6.26 Å². The lowest BCUT2D eigenvalue weighted by Gasteiger charge is -2.36. The molecule has 3 atom stereocenters. The van der Waals surface area contributed by atoms with Gasteiger partial charge in [0.2, 0.25) is 0 Å². The number of sulfone groups is 1. The van der Waals surface area contributed by atoms with E-state index in [9.17, 15) is 18.3 Å². The number of ketones is 1. The molecule has 34 heavy (non-hydrogen) atoms. The number of aryl methyl sites for hydroxylation is 1. The second kappa shape index (κ2) is 10.0. The summed E-state index contributed by atoms with van der Waals surface area (Å²) < 4.78 is 25.1. The summed E-state index contributed by atoms with van der Waals surface area (Å²) in [5, 5.41) is 19.2. The Morgan fingerprint density at radius 1 is 1.15 bits per heavy atom. The Bertz CT molecular complexity index is 1180. The SMILES string of the molecule is Cc1c(C(=O)CN2[C@@H]3CC[C@H]2C[C@@H](O)C3)cc(CCCCS(C)(=O)=O)n1-c1ccc(C#N)cc1. The largest absolute Gasteiger partial charge is 0.393 e. The fourth-order valence-electron chi connectivity index (χ4n) is 5.61. The van der Waals surface area contributed by atoms with Gasteiger partial charge in [-0.15, -0.1) is 0 Å². The van der Waals surface area contributed by atoms with Crippen LogP contribution in [-0.2, 0) is 16.3 Å². The van der Waals surface area contributed by atoms with Crippen LogP contribution in [-0.4, -0.2) is 65.5 Å². The van der Waals surface area contributed by atoms with E-state index >= 15 is 0 Å². The summed E-state index contributed by atoms with van der Waals surface area (Å²) >= 11 is 0. The van der Waals surface area contributed by atoms with Crippen molar-refractivity contribution in [1.29, 1.82) is 5.26 Å². The maximum Gasteiger partial charge on any atom is 0.178 e. The summed E-state index contributed by atoms with van der Waals surface area (Å²) in [6.07, 6.45) is 6.46. The zero-order valence-electron chi connectivity index (χ0n) is 19.9. The van der Waals surface area contributed by atoms with Crippen molar-refractivity contribution in [3.8, 4) is 11.8 Å². The highest BCUT2D eigenvalue weighted by Gasteiger charge is 2.41. The van der Waals surface area contributed by atoms with Crippen molar-refractivity contribution in [2.24, 2.45) is 0 Å². The molecule has 4 rings (SSSR count). The number of piperidine rings is 1. The third-order valence-electron chi connectivity index (χ3n) is 7.26. The van der Waals surface area contributed by atoms with E-state index < -0.39 is 9.84 Å². The van der Waals surface area contributed by atoms with Crippen LogP contribution in [0.25, 0.3) is 5.69 Å². The average molecular weight is 484 g/mol. The number of aliphatic hydroxyl groups excluding tert-OH is 1. The van der Waals surface area contributed by atoms with Crippen molar-refractivity contribution in [2.45, 2.75) is 70.1 Å². The van der Waals surface area contributed by atoms with Gasteiger partial charge < -0.3 is 9.67 Å². The Hall–Kier alpha value is -2.47. The fraction of sp³-hybridized carbons (Fsp3) is 0.538. The predicted octanol–water partition coefficient (Wildman–Crippen LogP) is 3.20. The molecule has 2 aliphatic heterocycles. The Labute approximate surface area is 201 Å². The van der Waals surface area contributed by atoms with Crippen LogP contribution in [0, 0.1) is 18.3 Å². The molecule has 1 aromatic carbocycles. The standard InChI is InChI=1S/C26H33N3O4S/c1-18-25(26(31)17-28-21-10-11-22(28)14-24(30)13-21)15-23(5-3-4-12-34(2,32)33)29(18)20-8-6-19(16-27)7-9-20/h6-9,15,21-22,24,30H,3-5,10-14,17H2,1-2H3/t21-,22+,24+. The van der Waals surface area contributed by atoms with Crippen LogP contribution in [0.2, 0.25) is 0 Å². The molecule has 0 spiro atoms. The van der Waals surface area contributed by atoms with Gasteiger partial charge in [0.25, 0.3) is 0 Å². The molecule has 0 aliphatic carbocycles. The molecule has 0 amide bonds. The quantitative estimate of drug-likeness (QED) is 0.434. The van der Waals surface area contributed by atoms with Crippen molar-refractivity contribution in [1.82, 2.24) is 9.47 Å². The monoisotopic (exact) mass is 483 g/mol. The first-order valence-electron chi connectivity index (χ1n) is 12.0. The van der Waals surface area contributed by atoms with Gasteiger partial charge in [0.15, 0.2) is 5.78 Å². The lowest BCUT2D eigenvalue weighted by atomic mass is 9.99. The topological polar surface area (TPSA) is 103 Å². The van der Waals surface area contributed by atoms with Crippen LogP contribution in [0.5, 0.6) is 0 Å². The molecule has 0 saturated carbocycles. The summed E-state index contributed by atoms with van der Waals surface area (Å²) in [5.41, 5.74) is 3.97.